The van der Waals surface area contributed by atoms with E-state index in [9.17, 15) is 14.0 Å². The predicted molar refractivity (Wildman–Crippen MR) is 143 cm³/mol. The summed E-state index contributed by atoms with van der Waals surface area (Å²) in [6.07, 6.45) is 0.680. The van der Waals surface area contributed by atoms with Gasteiger partial charge in [-0.2, -0.15) is 0 Å². The number of benzene rings is 3. The molecule has 5 rings (SSSR count). The van der Waals surface area contributed by atoms with Crippen LogP contribution in [0.15, 0.2) is 60.0 Å². The smallest absolute Gasteiger partial charge is 0.258 e. The van der Waals surface area contributed by atoms with Crippen LogP contribution in [0.1, 0.15) is 26.3 Å². The lowest BCUT2D eigenvalue weighted by molar-refractivity contribution is 0.0987. The van der Waals surface area contributed by atoms with E-state index < -0.39 is 5.82 Å². The van der Waals surface area contributed by atoms with E-state index in [1.54, 1.807) is 23.1 Å². The van der Waals surface area contributed by atoms with E-state index in [4.69, 9.17) is 14.2 Å². The second kappa shape index (κ2) is 10.5. The predicted octanol–water partition coefficient (Wildman–Crippen LogP) is 5.43. The molecule has 0 atom stereocenters. The van der Waals surface area contributed by atoms with Crippen LogP contribution in [0.25, 0.3) is 11.3 Å². The number of hydrogen-bond acceptors (Lipinski definition) is 7. The third-order valence-corrected chi connectivity index (χ3v) is 7.00. The molecule has 0 aliphatic carbocycles. The first-order valence-corrected chi connectivity index (χ1v) is 12.6. The molecule has 38 heavy (non-hydrogen) atoms. The van der Waals surface area contributed by atoms with Crippen molar-refractivity contribution in [1.29, 1.82) is 0 Å². The second-order valence-corrected chi connectivity index (χ2v) is 9.32. The van der Waals surface area contributed by atoms with Crippen molar-refractivity contribution in [2.45, 2.75) is 6.42 Å². The maximum atomic E-state index is 13.6. The molecule has 2 heterocycles. The average Bonchev–Trinajstić information content (AvgIpc) is 3.58. The summed E-state index contributed by atoms with van der Waals surface area (Å²) < 4.78 is 29.6. The van der Waals surface area contributed by atoms with Crippen LogP contribution in [0.4, 0.5) is 15.2 Å². The summed E-state index contributed by atoms with van der Waals surface area (Å²) in [5.41, 5.74) is 4.02. The Kier molecular flexibility index (Phi) is 6.97. The molecule has 0 saturated heterocycles. The minimum absolute atomic E-state index is 0.235. The van der Waals surface area contributed by atoms with Gasteiger partial charge in [0.2, 0.25) is 5.75 Å². The van der Waals surface area contributed by atoms with Crippen molar-refractivity contribution in [3.8, 4) is 28.5 Å². The number of carbonyl (C=O) groups is 2. The quantitative estimate of drug-likeness (QED) is 0.341. The summed E-state index contributed by atoms with van der Waals surface area (Å²) in [5.74, 6) is 0.102. The number of rotatable bonds is 7. The van der Waals surface area contributed by atoms with Gasteiger partial charge in [0.25, 0.3) is 11.8 Å². The minimum Gasteiger partial charge on any atom is -0.493 e. The fraction of sp³-hybridized carbons (Fsp3) is 0.179. The maximum absolute atomic E-state index is 13.6. The third-order valence-electron chi connectivity index (χ3n) is 6.24. The van der Waals surface area contributed by atoms with E-state index in [1.165, 1.54) is 50.9 Å². The number of thiazole rings is 1. The summed E-state index contributed by atoms with van der Waals surface area (Å²) in [6, 6.07) is 14.6. The van der Waals surface area contributed by atoms with Crippen LogP contribution in [0.3, 0.4) is 0 Å². The number of ether oxygens (including phenoxy) is 3. The number of hydrogen-bond donors (Lipinski definition) is 1. The summed E-state index contributed by atoms with van der Waals surface area (Å²) in [6.45, 7) is 0.515. The van der Waals surface area contributed by atoms with Gasteiger partial charge in [0, 0.05) is 34.3 Å². The largest absolute Gasteiger partial charge is 0.493 e. The minimum atomic E-state index is -0.442. The van der Waals surface area contributed by atoms with Gasteiger partial charge in [0.1, 0.15) is 5.82 Å². The Labute approximate surface area is 222 Å². The molecule has 1 N–H and O–H groups in total. The first kappa shape index (κ1) is 25.2. The lowest BCUT2D eigenvalue weighted by Crippen LogP contribution is -2.28. The number of carbonyl (C=O) groups excluding carboxylic acids is 2. The van der Waals surface area contributed by atoms with E-state index in [-0.39, 0.29) is 11.8 Å². The fourth-order valence-corrected chi connectivity index (χ4v) is 5.11. The summed E-state index contributed by atoms with van der Waals surface area (Å²) >= 11 is 1.30. The molecule has 0 unspecified atom stereocenters. The summed E-state index contributed by atoms with van der Waals surface area (Å²) in [7, 11) is 4.47. The van der Waals surface area contributed by atoms with E-state index in [2.05, 4.69) is 10.3 Å². The number of halogens is 1. The van der Waals surface area contributed by atoms with Crippen molar-refractivity contribution < 1.29 is 28.2 Å². The van der Waals surface area contributed by atoms with Crippen LogP contribution in [0.5, 0.6) is 17.2 Å². The lowest BCUT2D eigenvalue weighted by Gasteiger charge is -2.17. The number of anilines is 2. The maximum Gasteiger partial charge on any atom is 0.258 e. The Morgan fingerprint density at radius 1 is 0.974 bits per heavy atom. The van der Waals surface area contributed by atoms with Gasteiger partial charge in [-0.15, -0.1) is 11.3 Å². The standard InChI is InChI=1S/C28H24FN3O5S/c1-35-23-13-19(14-24(36-2)25(23)37-3)26(33)31-28-30-21(15-38-28)16-7-8-22-17(11-16)9-10-32(22)27(34)18-5-4-6-20(29)12-18/h4-8,11-15H,9-10H2,1-3H3,(H,30,31,33). The number of methoxy groups -OCH3 is 3. The van der Waals surface area contributed by atoms with Crippen LogP contribution >= 0.6 is 11.3 Å². The van der Waals surface area contributed by atoms with Crippen molar-refractivity contribution in [2.75, 3.05) is 38.1 Å². The highest BCUT2D eigenvalue weighted by Crippen LogP contribution is 2.39. The molecule has 194 valence electrons. The van der Waals surface area contributed by atoms with Crippen LogP contribution in [0.2, 0.25) is 0 Å². The van der Waals surface area contributed by atoms with Crippen LogP contribution < -0.4 is 24.4 Å². The number of amides is 2. The molecule has 2 amide bonds. The zero-order valence-corrected chi connectivity index (χ0v) is 21.7. The Morgan fingerprint density at radius 2 is 1.74 bits per heavy atom. The highest BCUT2D eigenvalue weighted by molar-refractivity contribution is 7.14. The molecule has 0 radical (unpaired) electrons. The van der Waals surface area contributed by atoms with Crippen molar-refractivity contribution in [3.05, 3.63) is 82.5 Å². The molecule has 0 saturated carbocycles. The Bertz CT molecular complexity index is 1510. The molecule has 1 aliphatic heterocycles. The van der Waals surface area contributed by atoms with Gasteiger partial charge in [0.05, 0.1) is 27.0 Å². The molecular formula is C28H24FN3O5S. The molecular weight excluding hydrogens is 509 g/mol. The molecule has 3 aromatic carbocycles. The first-order chi connectivity index (χ1) is 18.4. The van der Waals surface area contributed by atoms with Crippen molar-refractivity contribution in [2.24, 2.45) is 0 Å². The average molecular weight is 534 g/mol. The highest BCUT2D eigenvalue weighted by atomic mass is 32.1. The topological polar surface area (TPSA) is 90.0 Å². The monoisotopic (exact) mass is 533 g/mol. The molecule has 1 aliphatic rings. The summed E-state index contributed by atoms with van der Waals surface area (Å²) in [5, 5.41) is 5.11. The number of fused-ring (bicyclic) bond motifs is 1. The van der Waals surface area contributed by atoms with Crippen LogP contribution in [-0.4, -0.2) is 44.7 Å². The van der Waals surface area contributed by atoms with Gasteiger partial charge in [-0.25, -0.2) is 9.37 Å². The van der Waals surface area contributed by atoms with Gasteiger partial charge >= 0.3 is 0 Å². The molecule has 4 aromatic rings. The molecule has 0 fully saturated rings. The number of nitrogens with one attached hydrogen (secondary N) is 1. The van der Waals surface area contributed by atoms with Gasteiger partial charge in [-0.3, -0.25) is 14.9 Å². The number of aromatic nitrogens is 1. The Hall–Kier alpha value is -4.44. The molecule has 1 aromatic heterocycles. The van der Waals surface area contributed by atoms with Gasteiger partial charge in [-0.05, 0) is 54.4 Å². The van der Waals surface area contributed by atoms with Crippen molar-refractivity contribution >= 4 is 34.0 Å². The van der Waals surface area contributed by atoms with Gasteiger partial charge < -0.3 is 19.1 Å². The first-order valence-electron chi connectivity index (χ1n) is 11.7. The van der Waals surface area contributed by atoms with E-state index in [0.717, 1.165) is 16.8 Å². The fourth-order valence-electron chi connectivity index (χ4n) is 4.39. The van der Waals surface area contributed by atoms with E-state index in [0.29, 0.717) is 52.2 Å². The Morgan fingerprint density at radius 3 is 2.42 bits per heavy atom. The third kappa shape index (κ3) is 4.78. The molecule has 0 bridgehead atoms. The lowest BCUT2D eigenvalue weighted by atomic mass is 10.1. The molecule has 8 nitrogen and oxygen atoms in total. The molecule has 10 heteroatoms. The SMILES string of the molecule is COc1cc(C(=O)Nc2nc(-c3ccc4c(c3)CCN4C(=O)c3cccc(F)c3)cs2)cc(OC)c1OC. The van der Waals surface area contributed by atoms with Crippen LogP contribution in [-0.2, 0) is 6.42 Å². The number of nitrogens with zero attached hydrogens (tertiary/aromatic N) is 2. The van der Waals surface area contributed by atoms with Gasteiger partial charge in [-0.1, -0.05) is 12.1 Å². The normalized spacial score (nSPS) is 12.2. The van der Waals surface area contributed by atoms with E-state index in [1.807, 2.05) is 23.6 Å². The second-order valence-electron chi connectivity index (χ2n) is 8.47. The van der Waals surface area contributed by atoms with Crippen molar-refractivity contribution in [3.63, 3.8) is 0 Å². The van der Waals surface area contributed by atoms with E-state index >= 15 is 0 Å². The molecule has 0 spiro atoms. The Balaban J connectivity index is 1.33. The van der Waals surface area contributed by atoms with Crippen molar-refractivity contribution in [1.82, 2.24) is 4.98 Å². The zero-order valence-electron chi connectivity index (χ0n) is 20.9. The van der Waals surface area contributed by atoms with Gasteiger partial charge in [0.15, 0.2) is 16.6 Å². The summed E-state index contributed by atoms with van der Waals surface area (Å²) in [4.78, 5) is 32.1. The van der Waals surface area contributed by atoms with Crippen LogP contribution in [0, 0.1) is 5.82 Å². The highest BCUT2D eigenvalue weighted by Gasteiger charge is 2.26. The zero-order chi connectivity index (χ0) is 26.8.